The average molecular weight is 211 g/mol. The Bertz CT molecular complexity index is 284. The summed E-state index contributed by atoms with van der Waals surface area (Å²) in [4.78, 5) is 12.0. The van der Waals surface area contributed by atoms with Crippen LogP contribution in [0.4, 0.5) is 0 Å². The van der Waals surface area contributed by atoms with Gasteiger partial charge in [0.25, 0.3) is 0 Å². The zero-order chi connectivity index (χ0) is 11.3. The van der Waals surface area contributed by atoms with E-state index in [0.717, 1.165) is 32.1 Å². The van der Waals surface area contributed by atoms with Gasteiger partial charge in [-0.1, -0.05) is 6.42 Å². The van der Waals surface area contributed by atoms with Gasteiger partial charge in [-0.2, -0.15) is 0 Å². The monoisotopic (exact) mass is 211 g/mol. The van der Waals surface area contributed by atoms with Crippen LogP contribution in [0, 0.1) is 5.41 Å². The molecule has 15 heavy (non-hydrogen) atoms. The predicted molar refractivity (Wildman–Crippen MR) is 58.3 cm³/mol. The number of hydrogen-bond acceptors (Lipinski definition) is 3. The molecule has 0 spiro atoms. The Kier molecular flexibility index (Phi) is 2.16. The Labute approximate surface area is 91.4 Å². The fourth-order valence-electron chi connectivity index (χ4n) is 3.06. The zero-order valence-electron chi connectivity index (χ0n) is 9.93. The fraction of sp³-hybridized carbons (Fsp3) is 0.917. The van der Waals surface area contributed by atoms with Crippen molar-refractivity contribution in [3.05, 3.63) is 0 Å². The molecule has 0 aromatic heterocycles. The van der Waals surface area contributed by atoms with Crippen LogP contribution in [0.5, 0.6) is 0 Å². The molecule has 0 amide bonds. The molecule has 86 valence electrons. The van der Waals surface area contributed by atoms with Crippen molar-refractivity contribution in [2.24, 2.45) is 11.1 Å². The molecule has 0 aliphatic heterocycles. The highest BCUT2D eigenvalue weighted by atomic mass is 16.6. The van der Waals surface area contributed by atoms with Crippen molar-refractivity contribution < 1.29 is 9.53 Å². The summed E-state index contributed by atoms with van der Waals surface area (Å²) in [5, 5.41) is 0. The summed E-state index contributed by atoms with van der Waals surface area (Å²) >= 11 is 0. The molecule has 3 aliphatic rings. The second-order valence-electron chi connectivity index (χ2n) is 6.35. The van der Waals surface area contributed by atoms with E-state index in [2.05, 4.69) is 0 Å². The first-order chi connectivity index (χ1) is 6.75. The van der Waals surface area contributed by atoms with E-state index in [1.165, 1.54) is 0 Å². The van der Waals surface area contributed by atoms with E-state index >= 15 is 0 Å². The molecule has 3 rings (SSSR count). The molecule has 0 heterocycles. The highest BCUT2D eigenvalue weighted by Crippen LogP contribution is 2.57. The first-order valence-electron chi connectivity index (χ1n) is 5.77. The van der Waals surface area contributed by atoms with Gasteiger partial charge in [0.05, 0.1) is 5.41 Å². The highest BCUT2D eigenvalue weighted by Gasteiger charge is 2.60. The SMILES string of the molecule is CC(C)(C)OC(=O)C12CCCC(N)(C1)C2. The van der Waals surface area contributed by atoms with Crippen molar-refractivity contribution in [2.75, 3.05) is 0 Å². The molecule has 0 atom stereocenters. The Morgan fingerprint density at radius 2 is 1.87 bits per heavy atom. The minimum Gasteiger partial charge on any atom is -0.460 e. The Balaban J connectivity index is 2.03. The molecule has 2 bridgehead atoms. The van der Waals surface area contributed by atoms with Gasteiger partial charge in [-0.05, 0) is 46.5 Å². The van der Waals surface area contributed by atoms with Crippen LogP contribution in [0.3, 0.4) is 0 Å². The minimum atomic E-state index is -0.379. The zero-order valence-corrected chi connectivity index (χ0v) is 9.93. The lowest BCUT2D eigenvalue weighted by molar-refractivity contribution is -0.184. The number of rotatable bonds is 1. The third kappa shape index (κ3) is 1.89. The number of ether oxygens (including phenoxy) is 1. The van der Waals surface area contributed by atoms with Gasteiger partial charge in [-0.15, -0.1) is 0 Å². The van der Waals surface area contributed by atoms with Crippen LogP contribution in [-0.4, -0.2) is 17.1 Å². The smallest absolute Gasteiger partial charge is 0.312 e. The maximum Gasteiger partial charge on any atom is 0.312 e. The van der Waals surface area contributed by atoms with Crippen molar-refractivity contribution in [3.8, 4) is 0 Å². The van der Waals surface area contributed by atoms with Crippen molar-refractivity contribution >= 4 is 5.97 Å². The van der Waals surface area contributed by atoms with Gasteiger partial charge in [-0.3, -0.25) is 4.79 Å². The molecule has 3 heteroatoms. The van der Waals surface area contributed by atoms with Gasteiger partial charge in [0.1, 0.15) is 5.60 Å². The van der Waals surface area contributed by atoms with Crippen LogP contribution >= 0.6 is 0 Å². The maximum absolute atomic E-state index is 12.0. The number of hydrogen-bond donors (Lipinski definition) is 1. The number of carbonyl (C=O) groups is 1. The maximum atomic E-state index is 12.0. The van der Waals surface area contributed by atoms with E-state index in [9.17, 15) is 4.79 Å². The number of carbonyl (C=O) groups excluding carboxylic acids is 1. The van der Waals surface area contributed by atoms with Crippen molar-refractivity contribution in [1.29, 1.82) is 0 Å². The Hall–Kier alpha value is -0.570. The summed E-state index contributed by atoms with van der Waals surface area (Å²) in [6.07, 6.45) is 4.75. The lowest BCUT2D eigenvalue weighted by Gasteiger charge is -2.57. The number of esters is 1. The molecule has 2 N–H and O–H groups in total. The molecule has 0 saturated heterocycles. The van der Waals surface area contributed by atoms with Crippen LogP contribution < -0.4 is 5.73 Å². The largest absolute Gasteiger partial charge is 0.460 e. The van der Waals surface area contributed by atoms with Gasteiger partial charge in [0.2, 0.25) is 0 Å². The first-order valence-corrected chi connectivity index (χ1v) is 5.77. The third-order valence-electron chi connectivity index (χ3n) is 3.54. The molecule has 0 unspecified atom stereocenters. The molecular weight excluding hydrogens is 190 g/mol. The quantitative estimate of drug-likeness (QED) is 0.675. The highest BCUT2D eigenvalue weighted by molar-refractivity contribution is 5.79. The topological polar surface area (TPSA) is 52.3 Å². The van der Waals surface area contributed by atoms with Gasteiger partial charge in [-0.25, -0.2) is 0 Å². The standard InChI is InChI=1S/C12H21NO2/c1-10(2,3)15-9(14)11-5-4-6-12(13,7-11)8-11/h4-8,13H2,1-3H3. The Morgan fingerprint density at radius 1 is 1.27 bits per heavy atom. The molecule has 3 fully saturated rings. The second-order valence-corrected chi connectivity index (χ2v) is 6.35. The summed E-state index contributed by atoms with van der Waals surface area (Å²) < 4.78 is 5.47. The van der Waals surface area contributed by atoms with Crippen LogP contribution in [-0.2, 0) is 9.53 Å². The van der Waals surface area contributed by atoms with Crippen molar-refractivity contribution in [1.82, 2.24) is 0 Å². The summed E-state index contributed by atoms with van der Waals surface area (Å²) in [6.45, 7) is 5.75. The van der Waals surface area contributed by atoms with E-state index in [1.807, 2.05) is 20.8 Å². The van der Waals surface area contributed by atoms with E-state index < -0.39 is 0 Å². The van der Waals surface area contributed by atoms with Gasteiger partial charge < -0.3 is 10.5 Å². The van der Waals surface area contributed by atoms with Gasteiger partial charge >= 0.3 is 5.97 Å². The molecule has 3 aliphatic carbocycles. The lowest BCUT2D eigenvalue weighted by atomic mass is 9.50. The molecule has 3 nitrogen and oxygen atoms in total. The minimum absolute atomic E-state index is 0.0317. The summed E-state index contributed by atoms with van der Waals surface area (Å²) in [6, 6.07) is 0. The Morgan fingerprint density at radius 3 is 2.33 bits per heavy atom. The predicted octanol–water partition coefficient (Wildman–Crippen LogP) is 1.99. The molecule has 3 saturated carbocycles. The van der Waals surface area contributed by atoms with E-state index in [1.54, 1.807) is 0 Å². The van der Waals surface area contributed by atoms with Crippen LogP contribution in [0.15, 0.2) is 0 Å². The van der Waals surface area contributed by atoms with E-state index in [0.29, 0.717) is 0 Å². The lowest BCUT2D eigenvalue weighted by Crippen LogP contribution is -2.64. The fourth-order valence-corrected chi connectivity index (χ4v) is 3.06. The average Bonchev–Trinajstić information content (AvgIpc) is 1.98. The van der Waals surface area contributed by atoms with Crippen LogP contribution in [0.2, 0.25) is 0 Å². The van der Waals surface area contributed by atoms with E-state index in [-0.39, 0.29) is 22.5 Å². The third-order valence-corrected chi connectivity index (χ3v) is 3.54. The summed E-state index contributed by atoms with van der Waals surface area (Å²) in [5.41, 5.74) is 5.45. The first kappa shape index (κ1) is 10.9. The molecule has 0 aromatic rings. The van der Waals surface area contributed by atoms with E-state index in [4.69, 9.17) is 10.5 Å². The molecule has 0 radical (unpaired) electrons. The summed E-state index contributed by atoms with van der Waals surface area (Å²) in [5.74, 6) is -0.0317. The van der Waals surface area contributed by atoms with Gasteiger partial charge in [0, 0.05) is 5.54 Å². The number of fused-ring (bicyclic) bond motifs is 2. The van der Waals surface area contributed by atoms with Crippen molar-refractivity contribution in [3.63, 3.8) is 0 Å². The number of nitrogens with two attached hydrogens (primary N) is 1. The van der Waals surface area contributed by atoms with Crippen LogP contribution in [0.1, 0.15) is 52.9 Å². The van der Waals surface area contributed by atoms with Gasteiger partial charge in [0.15, 0.2) is 0 Å². The van der Waals surface area contributed by atoms with Crippen LogP contribution in [0.25, 0.3) is 0 Å². The summed E-state index contributed by atoms with van der Waals surface area (Å²) in [7, 11) is 0. The molecule has 0 aromatic carbocycles. The normalized spacial score (nSPS) is 39.5. The second kappa shape index (κ2) is 2.97. The molecular formula is C12H21NO2. The van der Waals surface area contributed by atoms with Crippen molar-refractivity contribution in [2.45, 2.75) is 64.0 Å².